The number of ether oxygens (including phenoxy) is 2. The predicted octanol–water partition coefficient (Wildman–Crippen LogP) is 2.77. The molecular weight excluding hydrogens is 368 g/mol. The number of nitrogens with zero attached hydrogens (tertiary/aromatic N) is 1. The van der Waals surface area contributed by atoms with E-state index in [0.717, 1.165) is 13.1 Å². The third-order valence-electron chi connectivity index (χ3n) is 5.05. The number of aryl methyl sites for hydroxylation is 1. The Balaban J connectivity index is 1.58. The molecule has 3 rings (SSSR count). The minimum atomic E-state index is -0.191. The van der Waals surface area contributed by atoms with Crippen LogP contribution in [0.1, 0.15) is 34.5 Å². The topological polar surface area (TPSA) is 67.9 Å². The van der Waals surface area contributed by atoms with Crippen LogP contribution in [0.5, 0.6) is 5.75 Å². The van der Waals surface area contributed by atoms with E-state index >= 15 is 0 Å². The van der Waals surface area contributed by atoms with Gasteiger partial charge in [-0.2, -0.15) is 0 Å². The Morgan fingerprint density at radius 1 is 1.14 bits per heavy atom. The van der Waals surface area contributed by atoms with Crippen molar-refractivity contribution in [2.75, 3.05) is 39.5 Å². The molecule has 1 amide bonds. The first-order chi connectivity index (χ1) is 14.0. The molecule has 0 spiro atoms. The van der Waals surface area contributed by atoms with Crippen molar-refractivity contribution in [3.8, 4) is 5.75 Å². The summed E-state index contributed by atoms with van der Waals surface area (Å²) in [6.07, 6.45) is 0. The standard InChI is InChI=1S/C23H28N2O4/c1-17-6-8-19(9-7-17)22(25-10-12-28-13-11-25)15-24-23(27)16-29-21-5-3-4-20(14-21)18(2)26/h3-9,14,22H,10-13,15-16H2,1-2H3,(H,24,27). The summed E-state index contributed by atoms with van der Waals surface area (Å²) in [4.78, 5) is 26.2. The fourth-order valence-electron chi connectivity index (χ4n) is 3.35. The molecule has 0 aromatic heterocycles. The van der Waals surface area contributed by atoms with Crippen molar-refractivity contribution in [2.45, 2.75) is 19.9 Å². The zero-order valence-corrected chi connectivity index (χ0v) is 17.0. The number of hydrogen-bond acceptors (Lipinski definition) is 5. The van der Waals surface area contributed by atoms with Crippen LogP contribution >= 0.6 is 0 Å². The van der Waals surface area contributed by atoms with Gasteiger partial charge in [-0.05, 0) is 31.5 Å². The van der Waals surface area contributed by atoms with Gasteiger partial charge in [-0.1, -0.05) is 42.0 Å². The van der Waals surface area contributed by atoms with Crippen molar-refractivity contribution in [1.29, 1.82) is 0 Å². The molecule has 0 bridgehead atoms. The van der Waals surface area contributed by atoms with E-state index in [0.29, 0.717) is 31.1 Å². The average Bonchev–Trinajstić information content (AvgIpc) is 2.74. The maximum absolute atomic E-state index is 12.4. The molecule has 1 saturated heterocycles. The lowest BCUT2D eigenvalue weighted by Gasteiger charge is -2.35. The van der Waals surface area contributed by atoms with Crippen LogP contribution in [0.15, 0.2) is 48.5 Å². The number of rotatable bonds is 8. The van der Waals surface area contributed by atoms with Gasteiger partial charge >= 0.3 is 0 Å². The van der Waals surface area contributed by atoms with E-state index < -0.39 is 0 Å². The molecule has 154 valence electrons. The number of benzene rings is 2. The molecule has 6 heteroatoms. The molecule has 0 radical (unpaired) electrons. The highest BCUT2D eigenvalue weighted by atomic mass is 16.5. The van der Waals surface area contributed by atoms with E-state index in [9.17, 15) is 9.59 Å². The number of carbonyl (C=O) groups is 2. The van der Waals surface area contributed by atoms with Gasteiger partial charge in [-0.25, -0.2) is 0 Å². The smallest absolute Gasteiger partial charge is 0.258 e. The Hall–Kier alpha value is -2.70. The van der Waals surface area contributed by atoms with Crippen LogP contribution in [0.4, 0.5) is 0 Å². The number of carbonyl (C=O) groups excluding carboxylic acids is 2. The third-order valence-corrected chi connectivity index (χ3v) is 5.05. The Morgan fingerprint density at radius 3 is 2.55 bits per heavy atom. The summed E-state index contributed by atoms with van der Waals surface area (Å²) in [6.45, 7) is 7.05. The molecule has 2 aromatic rings. The maximum Gasteiger partial charge on any atom is 0.258 e. The van der Waals surface area contributed by atoms with Gasteiger partial charge in [0.1, 0.15) is 5.75 Å². The minimum absolute atomic E-state index is 0.0358. The van der Waals surface area contributed by atoms with Gasteiger partial charge in [0, 0.05) is 25.2 Å². The third kappa shape index (κ3) is 6.14. The molecule has 6 nitrogen and oxygen atoms in total. The number of ketones is 1. The Morgan fingerprint density at radius 2 is 1.86 bits per heavy atom. The summed E-state index contributed by atoms with van der Waals surface area (Å²) >= 11 is 0. The normalized spacial score (nSPS) is 15.5. The van der Waals surface area contributed by atoms with Crippen LogP contribution in [0.25, 0.3) is 0 Å². The molecule has 1 heterocycles. The molecular formula is C23H28N2O4. The highest BCUT2D eigenvalue weighted by molar-refractivity contribution is 5.94. The molecule has 2 aromatic carbocycles. The van der Waals surface area contributed by atoms with Crippen molar-refractivity contribution >= 4 is 11.7 Å². The first-order valence-corrected chi connectivity index (χ1v) is 9.92. The summed E-state index contributed by atoms with van der Waals surface area (Å²) < 4.78 is 11.0. The summed E-state index contributed by atoms with van der Waals surface area (Å²) in [5.74, 6) is 0.283. The molecule has 1 fully saturated rings. The molecule has 29 heavy (non-hydrogen) atoms. The van der Waals surface area contributed by atoms with E-state index in [4.69, 9.17) is 9.47 Å². The summed E-state index contributed by atoms with van der Waals surface area (Å²) in [5.41, 5.74) is 2.95. The van der Waals surface area contributed by atoms with Gasteiger partial charge in [0.2, 0.25) is 0 Å². The molecule has 0 aliphatic carbocycles. The highest BCUT2D eigenvalue weighted by Gasteiger charge is 2.23. The minimum Gasteiger partial charge on any atom is -0.484 e. The average molecular weight is 396 g/mol. The molecule has 0 saturated carbocycles. The zero-order chi connectivity index (χ0) is 20.6. The SMILES string of the molecule is CC(=O)c1cccc(OCC(=O)NCC(c2ccc(C)cc2)N2CCOCC2)c1. The first-order valence-electron chi connectivity index (χ1n) is 9.92. The number of Topliss-reactive ketones (excluding diaryl/α,β-unsaturated/α-hetero) is 1. The van der Waals surface area contributed by atoms with Crippen molar-refractivity contribution in [2.24, 2.45) is 0 Å². The lowest BCUT2D eigenvalue weighted by Crippen LogP contribution is -2.44. The fourth-order valence-corrected chi connectivity index (χ4v) is 3.35. The number of hydrogen-bond donors (Lipinski definition) is 1. The van der Waals surface area contributed by atoms with Gasteiger partial charge in [-0.3, -0.25) is 14.5 Å². The van der Waals surface area contributed by atoms with Crippen LogP contribution in [-0.4, -0.2) is 56.0 Å². The van der Waals surface area contributed by atoms with Gasteiger partial charge in [-0.15, -0.1) is 0 Å². The molecule has 1 atom stereocenters. The largest absolute Gasteiger partial charge is 0.484 e. The second kappa shape index (κ2) is 10.2. The lowest BCUT2D eigenvalue weighted by atomic mass is 10.0. The van der Waals surface area contributed by atoms with Crippen LogP contribution in [-0.2, 0) is 9.53 Å². The summed E-state index contributed by atoms with van der Waals surface area (Å²) in [5, 5.41) is 2.99. The fraction of sp³-hybridized carbons (Fsp3) is 0.391. The quantitative estimate of drug-likeness (QED) is 0.695. The van der Waals surface area contributed by atoms with Crippen molar-refractivity contribution in [1.82, 2.24) is 10.2 Å². The van der Waals surface area contributed by atoms with E-state index in [2.05, 4.69) is 41.4 Å². The number of amides is 1. The summed E-state index contributed by atoms with van der Waals surface area (Å²) in [7, 11) is 0. The lowest BCUT2D eigenvalue weighted by molar-refractivity contribution is -0.123. The van der Waals surface area contributed by atoms with Gasteiger partial charge in [0.05, 0.1) is 19.3 Å². The highest BCUT2D eigenvalue weighted by Crippen LogP contribution is 2.22. The van der Waals surface area contributed by atoms with E-state index in [1.54, 1.807) is 24.3 Å². The molecule has 1 N–H and O–H groups in total. The van der Waals surface area contributed by atoms with E-state index in [1.807, 2.05) is 0 Å². The van der Waals surface area contributed by atoms with Gasteiger partial charge in [0.15, 0.2) is 12.4 Å². The van der Waals surface area contributed by atoms with Gasteiger partial charge in [0.25, 0.3) is 5.91 Å². The van der Waals surface area contributed by atoms with Crippen molar-refractivity contribution < 1.29 is 19.1 Å². The van der Waals surface area contributed by atoms with Crippen LogP contribution in [0.2, 0.25) is 0 Å². The predicted molar refractivity (Wildman–Crippen MR) is 111 cm³/mol. The molecule has 1 unspecified atom stereocenters. The Kier molecular flexibility index (Phi) is 7.38. The van der Waals surface area contributed by atoms with Crippen molar-refractivity contribution in [3.05, 3.63) is 65.2 Å². The zero-order valence-electron chi connectivity index (χ0n) is 17.0. The maximum atomic E-state index is 12.4. The van der Waals surface area contributed by atoms with Gasteiger partial charge < -0.3 is 14.8 Å². The molecule has 1 aliphatic heterocycles. The monoisotopic (exact) mass is 396 g/mol. The van der Waals surface area contributed by atoms with Crippen LogP contribution in [0.3, 0.4) is 0 Å². The molecule has 1 aliphatic rings. The van der Waals surface area contributed by atoms with Crippen LogP contribution in [0, 0.1) is 6.92 Å². The number of morpholine rings is 1. The second-order valence-corrected chi connectivity index (χ2v) is 7.25. The summed E-state index contributed by atoms with van der Waals surface area (Å²) in [6, 6.07) is 15.4. The van der Waals surface area contributed by atoms with E-state index in [-0.39, 0.29) is 24.3 Å². The number of nitrogens with one attached hydrogen (secondary N) is 1. The van der Waals surface area contributed by atoms with Crippen LogP contribution < -0.4 is 10.1 Å². The van der Waals surface area contributed by atoms with E-state index in [1.165, 1.54) is 18.1 Å². The Labute approximate surface area is 171 Å². The second-order valence-electron chi connectivity index (χ2n) is 7.25. The first kappa shape index (κ1) is 21.0. The van der Waals surface area contributed by atoms with Crippen molar-refractivity contribution in [3.63, 3.8) is 0 Å². The Bertz CT molecular complexity index is 829.